The lowest BCUT2D eigenvalue weighted by atomic mass is 10.00. The van der Waals surface area contributed by atoms with Crippen LogP contribution in [0.1, 0.15) is 30.6 Å². The molecule has 0 bridgehead atoms. The van der Waals surface area contributed by atoms with Crippen molar-refractivity contribution in [3.05, 3.63) is 50.9 Å². The van der Waals surface area contributed by atoms with Gasteiger partial charge in [0.2, 0.25) is 0 Å². The molecule has 0 spiro atoms. The zero-order valence-electron chi connectivity index (χ0n) is 15.6. The Bertz CT molecular complexity index is 919. The SMILES string of the molecule is CC(C)(O)C(O)CCOc1cc(F)c(F)c(Nc2ccc(I)cc2F)c1C(N)=O. The first kappa shape index (κ1) is 23.2. The fourth-order valence-electron chi connectivity index (χ4n) is 2.44. The van der Waals surface area contributed by atoms with E-state index in [1.165, 1.54) is 32.0 Å². The molecule has 0 aromatic heterocycles. The highest BCUT2D eigenvalue weighted by Gasteiger charge is 2.26. The molecule has 5 N–H and O–H groups in total. The first-order chi connectivity index (χ1) is 13.4. The quantitative estimate of drug-likeness (QED) is 0.396. The van der Waals surface area contributed by atoms with Crippen LogP contribution in [0.5, 0.6) is 5.75 Å². The minimum absolute atomic E-state index is 0.0603. The zero-order chi connectivity index (χ0) is 21.9. The van der Waals surface area contributed by atoms with E-state index in [1.54, 1.807) is 0 Å². The first-order valence-electron chi connectivity index (χ1n) is 8.49. The predicted molar refractivity (Wildman–Crippen MR) is 110 cm³/mol. The third-order valence-corrected chi connectivity index (χ3v) is 4.76. The number of hydrogen-bond donors (Lipinski definition) is 4. The normalized spacial score (nSPS) is 12.6. The minimum Gasteiger partial charge on any atom is -0.492 e. The summed E-state index contributed by atoms with van der Waals surface area (Å²) in [6.07, 6.45) is -1.22. The number of nitrogens with one attached hydrogen (secondary N) is 1. The van der Waals surface area contributed by atoms with Crippen LogP contribution in [0.15, 0.2) is 24.3 Å². The van der Waals surface area contributed by atoms with Gasteiger partial charge in [0.05, 0.1) is 29.7 Å². The van der Waals surface area contributed by atoms with Gasteiger partial charge in [0.1, 0.15) is 17.1 Å². The monoisotopic (exact) mass is 524 g/mol. The Balaban J connectivity index is 2.39. The molecule has 0 fully saturated rings. The number of aliphatic hydroxyl groups excluding tert-OH is 1. The number of primary amides is 1. The van der Waals surface area contributed by atoms with Crippen LogP contribution in [0.4, 0.5) is 24.5 Å². The van der Waals surface area contributed by atoms with Crippen LogP contribution < -0.4 is 15.8 Å². The van der Waals surface area contributed by atoms with E-state index in [0.717, 1.165) is 0 Å². The van der Waals surface area contributed by atoms with Crippen LogP contribution in [-0.2, 0) is 0 Å². The molecule has 0 radical (unpaired) electrons. The standard InChI is InChI=1S/C19H20F3IN2O4/c1-19(2,28)14(26)5-6-29-13-8-11(21)16(22)17(15(13)18(24)27)25-12-4-3-9(23)7-10(12)20/h3-4,7-8,14,25-26,28H,5-6H2,1-2H3,(H2,24,27). The fourth-order valence-corrected chi connectivity index (χ4v) is 2.89. The van der Waals surface area contributed by atoms with Gasteiger partial charge < -0.3 is 26.0 Å². The number of ether oxygens (including phenoxy) is 1. The Kier molecular flexibility index (Phi) is 7.35. The number of benzene rings is 2. The van der Waals surface area contributed by atoms with E-state index in [9.17, 15) is 28.2 Å². The van der Waals surface area contributed by atoms with Crippen molar-refractivity contribution in [1.82, 2.24) is 0 Å². The molecule has 6 nitrogen and oxygen atoms in total. The van der Waals surface area contributed by atoms with Crippen LogP contribution in [-0.4, -0.2) is 34.4 Å². The third-order valence-electron chi connectivity index (χ3n) is 4.08. The zero-order valence-corrected chi connectivity index (χ0v) is 17.8. The molecular weight excluding hydrogens is 504 g/mol. The number of anilines is 2. The summed E-state index contributed by atoms with van der Waals surface area (Å²) in [5.74, 6) is -5.03. The molecule has 0 saturated carbocycles. The second kappa shape index (κ2) is 9.18. The highest BCUT2D eigenvalue weighted by atomic mass is 127. The van der Waals surface area contributed by atoms with Gasteiger partial charge >= 0.3 is 0 Å². The molecule has 0 saturated heterocycles. The number of rotatable bonds is 8. The highest BCUT2D eigenvalue weighted by Crippen LogP contribution is 2.34. The van der Waals surface area contributed by atoms with Gasteiger partial charge in [0, 0.05) is 16.1 Å². The Morgan fingerprint density at radius 1 is 1.28 bits per heavy atom. The Morgan fingerprint density at radius 3 is 2.48 bits per heavy atom. The molecule has 0 aliphatic heterocycles. The molecule has 10 heteroatoms. The van der Waals surface area contributed by atoms with E-state index in [1.807, 2.05) is 22.6 Å². The van der Waals surface area contributed by atoms with Crippen molar-refractivity contribution >= 4 is 39.9 Å². The summed E-state index contributed by atoms with van der Waals surface area (Å²) < 4.78 is 48.5. The van der Waals surface area contributed by atoms with Gasteiger partial charge in [-0.1, -0.05) is 0 Å². The van der Waals surface area contributed by atoms with Crippen molar-refractivity contribution in [2.24, 2.45) is 5.73 Å². The van der Waals surface area contributed by atoms with Gasteiger partial charge in [0.15, 0.2) is 11.6 Å². The predicted octanol–water partition coefficient (Wildman–Crippen LogP) is 3.45. The first-order valence-corrected chi connectivity index (χ1v) is 9.56. The van der Waals surface area contributed by atoms with Crippen molar-refractivity contribution in [3.63, 3.8) is 0 Å². The van der Waals surface area contributed by atoms with Crippen molar-refractivity contribution in [1.29, 1.82) is 0 Å². The summed E-state index contributed by atoms with van der Waals surface area (Å²) in [7, 11) is 0. The second-order valence-corrected chi connectivity index (χ2v) is 8.09. The van der Waals surface area contributed by atoms with E-state index in [-0.39, 0.29) is 24.5 Å². The van der Waals surface area contributed by atoms with Crippen molar-refractivity contribution in [2.45, 2.75) is 32.0 Å². The number of amides is 1. The van der Waals surface area contributed by atoms with E-state index >= 15 is 0 Å². The number of carbonyl (C=O) groups excluding carboxylic acids is 1. The van der Waals surface area contributed by atoms with Gasteiger partial charge in [-0.25, -0.2) is 13.2 Å². The molecule has 1 amide bonds. The van der Waals surface area contributed by atoms with E-state index < -0.39 is 46.3 Å². The van der Waals surface area contributed by atoms with Crippen LogP contribution in [0.3, 0.4) is 0 Å². The van der Waals surface area contributed by atoms with Crippen molar-refractivity contribution in [2.75, 3.05) is 11.9 Å². The molecule has 2 aromatic rings. The van der Waals surface area contributed by atoms with Gasteiger partial charge in [-0.2, -0.15) is 0 Å². The maximum Gasteiger partial charge on any atom is 0.254 e. The number of aliphatic hydroxyl groups is 2. The van der Waals surface area contributed by atoms with Crippen molar-refractivity contribution < 1.29 is 32.9 Å². The largest absolute Gasteiger partial charge is 0.492 e. The number of hydrogen-bond acceptors (Lipinski definition) is 5. The summed E-state index contributed by atoms with van der Waals surface area (Å²) in [6.45, 7) is 2.55. The molecule has 2 aromatic carbocycles. The number of carbonyl (C=O) groups is 1. The molecule has 1 atom stereocenters. The summed E-state index contributed by atoms with van der Waals surface area (Å²) in [4.78, 5) is 11.9. The average Bonchev–Trinajstić information content (AvgIpc) is 2.60. The van der Waals surface area contributed by atoms with Gasteiger partial charge in [-0.05, 0) is 54.6 Å². The molecule has 0 aliphatic carbocycles. The molecule has 1 unspecified atom stereocenters. The van der Waals surface area contributed by atoms with E-state index in [4.69, 9.17) is 10.5 Å². The molecule has 29 heavy (non-hydrogen) atoms. The lowest BCUT2D eigenvalue weighted by Crippen LogP contribution is -2.36. The highest BCUT2D eigenvalue weighted by molar-refractivity contribution is 14.1. The molecule has 0 heterocycles. The lowest BCUT2D eigenvalue weighted by Gasteiger charge is -2.24. The van der Waals surface area contributed by atoms with Crippen molar-refractivity contribution in [3.8, 4) is 5.75 Å². The Labute approximate surface area is 179 Å². The van der Waals surface area contributed by atoms with Crippen LogP contribution in [0, 0.1) is 21.0 Å². The maximum absolute atomic E-state index is 14.4. The lowest BCUT2D eigenvalue weighted by molar-refractivity contribution is -0.0557. The smallest absolute Gasteiger partial charge is 0.254 e. The topological polar surface area (TPSA) is 105 Å². The number of nitrogens with two attached hydrogens (primary N) is 1. The van der Waals surface area contributed by atoms with E-state index in [0.29, 0.717) is 9.64 Å². The summed E-state index contributed by atoms with van der Waals surface area (Å²) in [5, 5.41) is 21.9. The van der Waals surface area contributed by atoms with Crippen LogP contribution in [0.2, 0.25) is 0 Å². The third kappa shape index (κ3) is 5.73. The molecule has 158 valence electrons. The van der Waals surface area contributed by atoms with Gasteiger partial charge in [0.25, 0.3) is 5.91 Å². The van der Waals surface area contributed by atoms with E-state index in [2.05, 4.69) is 5.32 Å². The van der Waals surface area contributed by atoms with Crippen LogP contribution in [0.25, 0.3) is 0 Å². The Hall–Kier alpha value is -2.05. The number of halogens is 4. The minimum atomic E-state index is -1.43. The second-order valence-electron chi connectivity index (χ2n) is 6.84. The molecule has 2 rings (SSSR count). The van der Waals surface area contributed by atoms with Gasteiger partial charge in [-0.3, -0.25) is 4.79 Å². The fraction of sp³-hybridized carbons (Fsp3) is 0.316. The van der Waals surface area contributed by atoms with Crippen LogP contribution >= 0.6 is 22.6 Å². The maximum atomic E-state index is 14.4. The Morgan fingerprint density at radius 2 is 1.93 bits per heavy atom. The summed E-state index contributed by atoms with van der Waals surface area (Å²) in [5.41, 5.74) is 2.54. The average molecular weight is 524 g/mol. The summed E-state index contributed by atoms with van der Waals surface area (Å²) >= 11 is 1.88. The summed E-state index contributed by atoms with van der Waals surface area (Å²) in [6, 6.07) is 4.63. The molecular formula is C19H20F3IN2O4. The van der Waals surface area contributed by atoms with Gasteiger partial charge in [-0.15, -0.1) is 0 Å². The molecule has 0 aliphatic rings.